The molecule has 1 aromatic rings. The van der Waals surface area contributed by atoms with Crippen molar-refractivity contribution >= 4 is 40.1 Å². The number of hydrogen-bond acceptors (Lipinski definition) is 2. The standard InChI is InChI=1S/C12H13IN2O2/c13-9-3-1-2-4-10(9)15-12(17)8-5-6-11(16)14-7-8/h1-4,8H,5-7H2,(H,14,16)(H,15,17). The third-order valence-electron chi connectivity index (χ3n) is 2.77. The smallest absolute Gasteiger partial charge is 0.229 e. The lowest BCUT2D eigenvalue weighted by Crippen LogP contribution is -2.40. The molecular formula is C12H13IN2O2. The normalized spacial score (nSPS) is 19.6. The number of rotatable bonds is 2. The molecule has 2 N–H and O–H groups in total. The van der Waals surface area contributed by atoms with Crippen LogP contribution in [0.1, 0.15) is 12.8 Å². The van der Waals surface area contributed by atoms with E-state index in [2.05, 4.69) is 33.2 Å². The van der Waals surface area contributed by atoms with Crippen molar-refractivity contribution in [1.29, 1.82) is 0 Å². The Bertz CT molecular complexity index is 438. The molecule has 1 aromatic carbocycles. The highest BCUT2D eigenvalue weighted by molar-refractivity contribution is 14.1. The predicted octanol–water partition coefficient (Wildman–Crippen LogP) is 1.76. The fraction of sp³-hybridized carbons (Fsp3) is 0.333. The first kappa shape index (κ1) is 12.3. The molecule has 1 saturated heterocycles. The molecule has 1 atom stereocenters. The average Bonchev–Trinajstić information content (AvgIpc) is 2.33. The van der Waals surface area contributed by atoms with Gasteiger partial charge in [-0.3, -0.25) is 9.59 Å². The number of anilines is 1. The minimum Gasteiger partial charge on any atom is -0.355 e. The largest absolute Gasteiger partial charge is 0.355 e. The number of hydrogen-bond donors (Lipinski definition) is 2. The first-order chi connectivity index (χ1) is 8.16. The molecule has 90 valence electrons. The third kappa shape index (κ3) is 3.18. The maximum atomic E-state index is 12.0. The maximum Gasteiger partial charge on any atom is 0.229 e. The number of benzene rings is 1. The second kappa shape index (κ2) is 5.48. The number of piperidine rings is 1. The van der Waals surface area contributed by atoms with E-state index in [9.17, 15) is 9.59 Å². The van der Waals surface area contributed by atoms with Crippen molar-refractivity contribution < 1.29 is 9.59 Å². The van der Waals surface area contributed by atoms with Crippen LogP contribution in [0.4, 0.5) is 5.69 Å². The Morgan fingerprint density at radius 2 is 2.18 bits per heavy atom. The van der Waals surface area contributed by atoms with Gasteiger partial charge in [-0.15, -0.1) is 0 Å². The van der Waals surface area contributed by atoms with Crippen molar-refractivity contribution in [3.8, 4) is 0 Å². The lowest BCUT2D eigenvalue weighted by molar-refractivity contribution is -0.126. The van der Waals surface area contributed by atoms with Gasteiger partial charge in [0.05, 0.1) is 11.6 Å². The predicted molar refractivity (Wildman–Crippen MR) is 73.5 cm³/mol. The van der Waals surface area contributed by atoms with E-state index in [1.54, 1.807) is 0 Å². The van der Waals surface area contributed by atoms with Gasteiger partial charge in [0.2, 0.25) is 11.8 Å². The summed E-state index contributed by atoms with van der Waals surface area (Å²) in [4.78, 5) is 23.0. The summed E-state index contributed by atoms with van der Waals surface area (Å²) in [6.07, 6.45) is 1.06. The number of para-hydroxylation sites is 1. The van der Waals surface area contributed by atoms with Gasteiger partial charge in [-0.05, 0) is 41.1 Å². The zero-order valence-electron chi connectivity index (χ0n) is 9.20. The Morgan fingerprint density at radius 3 is 2.82 bits per heavy atom. The Morgan fingerprint density at radius 1 is 1.41 bits per heavy atom. The molecule has 0 spiro atoms. The van der Waals surface area contributed by atoms with Crippen LogP contribution in [0.25, 0.3) is 0 Å². The van der Waals surface area contributed by atoms with Crippen molar-refractivity contribution in [2.75, 3.05) is 11.9 Å². The van der Waals surface area contributed by atoms with Crippen LogP contribution in [-0.2, 0) is 9.59 Å². The molecule has 1 fully saturated rings. The number of nitrogens with one attached hydrogen (secondary N) is 2. The van der Waals surface area contributed by atoms with Crippen LogP contribution < -0.4 is 10.6 Å². The van der Waals surface area contributed by atoms with Gasteiger partial charge in [0, 0.05) is 16.5 Å². The van der Waals surface area contributed by atoms with Crippen LogP contribution in [0, 0.1) is 9.49 Å². The Kier molecular flexibility index (Phi) is 3.98. The zero-order chi connectivity index (χ0) is 12.3. The van der Waals surface area contributed by atoms with Crippen LogP contribution >= 0.6 is 22.6 Å². The fourth-order valence-corrected chi connectivity index (χ4v) is 2.28. The summed E-state index contributed by atoms with van der Waals surface area (Å²) in [7, 11) is 0. The topological polar surface area (TPSA) is 58.2 Å². The molecule has 4 nitrogen and oxygen atoms in total. The van der Waals surface area contributed by atoms with E-state index in [0.29, 0.717) is 19.4 Å². The third-order valence-corrected chi connectivity index (χ3v) is 3.71. The van der Waals surface area contributed by atoms with Crippen LogP contribution in [-0.4, -0.2) is 18.4 Å². The van der Waals surface area contributed by atoms with Crippen LogP contribution in [0.3, 0.4) is 0 Å². The van der Waals surface area contributed by atoms with Crippen molar-refractivity contribution in [2.24, 2.45) is 5.92 Å². The number of amides is 2. The summed E-state index contributed by atoms with van der Waals surface area (Å²) in [5.74, 6) is -0.110. The minimum atomic E-state index is -0.122. The summed E-state index contributed by atoms with van der Waals surface area (Å²) in [6, 6.07) is 7.64. The summed E-state index contributed by atoms with van der Waals surface area (Å²) in [6.45, 7) is 0.439. The van der Waals surface area contributed by atoms with Gasteiger partial charge in [-0.1, -0.05) is 12.1 Å². The molecule has 0 aromatic heterocycles. The highest BCUT2D eigenvalue weighted by Crippen LogP contribution is 2.19. The van der Waals surface area contributed by atoms with E-state index in [1.807, 2.05) is 24.3 Å². The SMILES string of the molecule is O=C1CCC(C(=O)Nc2ccccc2I)CN1. The molecule has 0 bridgehead atoms. The van der Waals surface area contributed by atoms with Crippen LogP contribution in [0.15, 0.2) is 24.3 Å². The van der Waals surface area contributed by atoms with Gasteiger partial charge in [-0.25, -0.2) is 0 Å². The van der Waals surface area contributed by atoms with Crippen molar-refractivity contribution in [3.05, 3.63) is 27.8 Å². The molecular weight excluding hydrogens is 331 g/mol. The summed E-state index contributed by atoms with van der Waals surface area (Å²) in [5, 5.41) is 5.61. The van der Waals surface area contributed by atoms with Gasteiger partial charge in [0.1, 0.15) is 0 Å². The molecule has 0 saturated carbocycles. The molecule has 5 heteroatoms. The van der Waals surface area contributed by atoms with Gasteiger partial charge >= 0.3 is 0 Å². The Balaban J connectivity index is 1.98. The number of carbonyl (C=O) groups is 2. The molecule has 17 heavy (non-hydrogen) atoms. The average molecular weight is 344 g/mol. The van der Waals surface area contributed by atoms with Crippen molar-refractivity contribution in [1.82, 2.24) is 5.32 Å². The second-order valence-corrected chi connectivity index (χ2v) is 5.17. The molecule has 2 rings (SSSR count). The maximum absolute atomic E-state index is 12.0. The fourth-order valence-electron chi connectivity index (χ4n) is 1.75. The van der Waals surface area contributed by atoms with Gasteiger partial charge in [0.15, 0.2) is 0 Å². The van der Waals surface area contributed by atoms with E-state index in [4.69, 9.17) is 0 Å². The van der Waals surface area contributed by atoms with E-state index >= 15 is 0 Å². The lowest BCUT2D eigenvalue weighted by Gasteiger charge is -2.21. The van der Waals surface area contributed by atoms with Crippen molar-refractivity contribution in [2.45, 2.75) is 12.8 Å². The lowest BCUT2D eigenvalue weighted by atomic mass is 9.98. The monoisotopic (exact) mass is 344 g/mol. The second-order valence-electron chi connectivity index (χ2n) is 4.01. The highest BCUT2D eigenvalue weighted by Gasteiger charge is 2.24. The van der Waals surface area contributed by atoms with Gasteiger partial charge in [-0.2, -0.15) is 0 Å². The Hall–Kier alpha value is -1.11. The molecule has 0 radical (unpaired) electrons. The summed E-state index contributed by atoms with van der Waals surface area (Å²) < 4.78 is 1.01. The summed E-state index contributed by atoms with van der Waals surface area (Å²) in [5.41, 5.74) is 0.829. The zero-order valence-corrected chi connectivity index (χ0v) is 11.4. The van der Waals surface area contributed by atoms with E-state index in [-0.39, 0.29) is 17.7 Å². The first-order valence-electron chi connectivity index (χ1n) is 5.49. The first-order valence-corrected chi connectivity index (χ1v) is 6.57. The van der Waals surface area contributed by atoms with Crippen LogP contribution in [0.5, 0.6) is 0 Å². The quantitative estimate of drug-likeness (QED) is 0.804. The van der Waals surface area contributed by atoms with E-state index in [1.165, 1.54) is 0 Å². The van der Waals surface area contributed by atoms with E-state index < -0.39 is 0 Å². The molecule has 2 amide bonds. The highest BCUT2D eigenvalue weighted by atomic mass is 127. The number of halogens is 1. The summed E-state index contributed by atoms with van der Waals surface area (Å²) >= 11 is 2.18. The van der Waals surface area contributed by atoms with Gasteiger partial charge in [0.25, 0.3) is 0 Å². The minimum absolute atomic E-state index is 0.0193. The van der Waals surface area contributed by atoms with Crippen molar-refractivity contribution in [3.63, 3.8) is 0 Å². The Labute approximate surface area is 113 Å². The van der Waals surface area contributed by atoms with Gasteiger partial charge < -0.3 is 10.6 Å². The van der Waals surface area contributed by atoms with Crippen LogP contribution in [0.2, 0.25) is 0 Å². The molecule has 1 heterocycles. The van der Waals surface area contributed by atoms with E-state index in [0.717, 1.165) is 9.26 Å². The molecule has 1 aliphatic heterocycles. The molecule has 0 aliphatic carbocycles. The molecule has 1 unspecified atom stereocenters. The molecule has 1 aliphatic rings. The number of carbonyl (C=O) groups excluding carboxylic acids is 2.